The van der Waals surface area contributed by atoms with Crippen molar-refractivity contribution in [2.45, 2.75) is 39.4 Å². The maximum Gasteiger partial charge on any atom is 0.0698 e. The Hall–Kier alpha value is -1.36. The van der Waals surface area contributed by atoms with Gasteiger partial charge in [0.25, 0.3) is 0 Å². The summed E-state index contributed by atoms with van der Waals surface area (Å²) in [6, 6.07) is 8.56. The lowest BCUT2D eigenvalue weighted by Crippen LogP contribution is -2.35. The van der Waals surface area contributed by atoms with Gasteiger partial charge in [-0.15, -0.1) is 0 Å². The van der Waals surface area contributed by atoms with E-state index in [1.165, 1.54) is 16.5 Å². The van der Waals surface area contributed by atoms with Crippen molar-refractivity contribution >= 4 is 10.9 Å². The summed E-state index contributed by atoms with van der Waals surface area (Å²) >= 11 is 0. The molecule has 1 aromatic heterocycles. The second-order valence-electron chi connectivity index (χ2n) is 6.30. The maximum atomic E-state index is 8.75. The number of rotatable bonds is 7. The van der Waals surface area contributed by atoms with Crippen molar-refractivity contribution < 1.29 is 9.84 Å². The van der Waals surface area contributed by atoms with Gasteiger partial charge < -0.3 is 19.7 Å². The smallest absolute Gasteiger partial charge is 0.0698 e. The lowest BCUT2D eigenvalue weighted by molar-refractivity contribution is 0.0875. The van der Waals surface area contributed by atoms with Gasteiger partial charge in [-0.2, -0.15) is 0 Å². The summed E-state index contributed by atoms with van der Waals surface area (Å²) in [6.07, 6.45) is 2.10. The van der Waals surface area contributed by atoms with E-state index in [9.17, 15) is 0 Å². The SMILES string of the molecule is CC(C)(C)NCc1cccc2ccn(CCOCCO)c12. The van der Waals surface area contributed by atoms with Crippen molar-refractivity contribution in [1.29, 1.82) is 0 Å². The van der Waals surface area contributed by atoms with Crippen LogP contribution in [0.3, 0.4) is 0 Å². The molecule has 1 heterocycles. The van der Waals surface area contributed by atoms with E-state index in [-0.39, 0.29) is 12.1 Å². The Bertz CT molecular complexity index is 570. The molecule has 4 nitrogen and oxygen atoms in total. The third kappa shape index (κ3) is 4.56. The number of hydrogen-bond donors (Lipinski definition) is 2. The Labute approximate surface area is 126 Å². The molecule has 4 heteroatoms. The standard InChI is InChI=1S/C17H26N2O2/c1-17(2,3)18-13-15-6-4-5-14-7-8-19(16(14)15)9-11-21-12-10-20/h4-8,18,20H,9-13H2,1-3H3. The number of benzene rings is 1. The average molecular weight is 290 g/mol. The van der Waals surface area contributed by atoms with Gasteiger partial charge >= 0.3 is 0 Å². The first-order valence-corrected chi connectivity index (χ1v) is 7.51. The Balaban J connectivity index is 2.15. The molecule has 116 valence electrons. The summed E-state index contributed by atoms with van der Waals surface area (Å²) in [6.45, 7) is 9.27. The molecule has 0 aliphatic rings. The predicted octanol–water partition coefficient (Wildman–Crippen LogP) is 2.54. The molecule has 1 aromatic carbocycles. The molecule has 0 aliphatic carbocycles. The van der Waals surface area contributed by atoms with Crippen molar-refractivity contribution in [1.82, 2.24) is 9.88 Å². The highest BCUT2D eigenvalue weighted by Gasteiger charge is 2.11. The highest BCUT2D eigenvalue weighted by molar-refractivity contribution is 5.83. The molecule has 0 aliphatic heterocycles. The van der Waals surface area contributed by atoms with Gasteiger partial charge in [-0.3, -0.25) is 0 Å². The third-order valence-corrected chi connectivity index (χ3v) is 3.39. The van der Waals surface area contributed by atoms with Crippen LogP contribution in [-0.2, 0) is 17.8 Å². The number of aliphatic hydroxyl groups is 1. The van der Waals surface area contributed by atoms with Gasteiger partial charge in [-0.25, -0.2) is 0 Å². The Morgan fingerprint density at radius 1 is 1.19 bits per heavy atom. The summed E-state index contributed by atoms with van der Waals surface area (Å²) < 4.78 is 7.60. The van der Waals surface area contributed by atoms with E-state index in [0.717, 1.165) is 13.1 Å². The van der Waals surface area contributed by atoms with Gasteiger partial charge in [-0.1, -0.05) is 18.2 Å². The summed E-state index contributed by atoms with van der Waals surface area (Å²) in [7, 11) is 0. The molecule has 21 heavy (non-hydrogen) atoms. The van der Waals surface area contributed by atoms with Crippen LogP contribution in [0, 0.1) is 0 Å². The fourth-order valence-electron chi connectivity index (χ4n) is 2.36. The van der Waals surface area contributed by atoms with Gasteiger partial charge in [-0.05, 0) is 37.8 Å². The van der Waals surface area contributed by atoms with Crippen LogP contribution in [0.4, 0.5) is 0 Å². The van der Waals surface area contributed by atoms with Crippen LogP contribution in [0.15, 0.2) is 30.5 Å². The van der Waals surface area contributed by atoms with E-state index in [4.69, 9.17) is 9.84 Å². The molecule has 0 spiro atoms. The molecular formula is C17H26N2O2. The molecule has 0 saturated heterocycles. The second-order valence-corrected chi connectivity index (χ2v) is 6.30. The minimum absolute atomic E-state index is 0.0766. The highest BCUT2D eigenvalue weighted by Crippen LogP contribution is 2.21. The molecule has 0 saturated carbocycles. The molecule has 0 bridgehead atoms. The average Bonchev–Trinajstić information content (AvgIpc) is 2.84. The molecule has 0 radical (unpaired) electrons. The van der Waals surface area contributed by atoms with Crippen molar-refractivity contribution in [3.05, 3.63) is 36.0 Å². The fraction of sp³-hybridized carbons (Fsp3) is 0.529. The van der Waals surface area contributed by atoms with Crippen LogP contribution in [0.5, 0.6) is 0 Å². The number of para-hydroxylation sites is 1. The van der Waals surface area contributed by atoms with E-state index < -0.39 is 0 Å². The predicted molar refractivity (Wildman–Crippen MR) is 86.4 cm³/mol. The van der Waals surface area contributed by atoms with Crippen LogP contribution in [-0.4, -0.2) is 35.0 Å². The maximum absolute atomic E-state index is 8.75. The summed E-state index contributed by atoms with van der Waals surface area (Å²) in [5.74, 6) is 0. The van der Waals surface area contributed by atoms with Crippen molar-refractivity contribution in [3.63, 3.8) is 0 Å². The normalized spacial score (nSPS) is 12.2. The molecule has 2 rings (SSSR count). The van der Waals surface area contributed by atoms with Crippen molar-refractivity contribution in [3.8, 4) is 0 Å². The molecule has 0 unspecified atom stereocenters. The van der Waals surface area contributed by atoms with Gasteiger partial charge in [0.1, 0.15) is 0 Å². The Morgan fingerprint density at radius 2 is 2.00 bits per heavy atom. The van der Waals surface area contributed by atoms with Crippen LogP contribution in [0.2, 0.25) is 0 Å². The van der Waals surface area contributed by atoms with E-state index in [2.05, 4.69) is 61.1 Å². The van der Waals surface area contributed by atoms with Crippen LogP contribution >= 0.6 is 0 Å². The summed E-state index contributed by atoms with van der Waals surface area (Å²) in [5, 5.41) is 13.5. The molecule has 2 aromatic rings. The number of ether oxygens (including phenoxy) is 1. The number of aliphatic hydroxyl groups excluding tert-OH is 1. The second kappa shape index (κ2) is 7.07. The van der Waals surface area contributed by atoms with Crippen molar-refractivity contribution in [2.24, 2.45) is 0 Å². The molecular weight excluding hydrogens is 264 g/mol. The number of nitrogens with zero attached hydrogens (tertiary/aromatic N) is 1. The Morgan fingerprint density at radius 3 is 2.71 bits per heavy atom. The van der Waals surface area contributed by atoms with E-state index in [1.807, 2.05) is 0 Å². The van der Waals surface area contributed by atoms with Crippen LogP contribution in [0.1, 0.15) is 26.3 Å². The largest absolute Gasteiger partial charge is 0.394 e. The first kappa shape index (κ1) is 16.0. The van der Waals surface area contributed by atoms with Crippen LogP contribution < -0.4 is 5.32 Å². The lowest BCUT2D eigenvalue weighted by Gasteiger charge is -2.21. The van der Waals surface area contributed by atoms with Crippen LogP contribution in [0.25, 0.3) is 10.9 Å². The lowest BCUT2D eigenvalue weighted by atomic mass is 10.1. The van der Waals surface area contributed by atoms with Crippen molar-refractivity contribution in [2.75, 3.05) is 19.8 Å². The van der Waals surface area contributed by atoms with E-state index >= 15 is 0 Å². The zero-order valence-electron chi connectivity index (χ0n) is 13.2. The minimum atomic E-state index is 0.0766. The van der Waals surface area contributed by atoms with Gasteiger partial charge in [0, 0.05) is 24.8 Å². The van der Waals surface area contributed by atoms with Gasteiger partial charge in [0.05, 0.1) is 25.3 Å². The molecule has 0 fully saturated rings. The zero-order chi connectivity index (χ0) is 15.3. The fourth-order valence-corrected chi connectivity index (χ4v) is 2.36. The monoisotopic (exact) mass is 290 g/mol. The van der Waals surface area contributed by atoms with Gasteiger partial charge in [0.15, 0.2) is 0 Å². The summed E-state index contributed by atoms with van der Waals surface area (Å²) in [4.78, 5) is 0. The topological polar surface area (TPSA) is 46.4 Å². The first-order valence-electron chi connectivity index (χ1n) is 7.51. The Kier molecular flexibility index (Phi) is 5.39. The minimum Gasteiger partial charge on any atom is -0.394 e. The number of nitrogens with one attached hydrogen (secondary N) is 1. The molecule has 0 amide bonds. The molecule has 2 N–H and O–H groups in total. The van der Waals surface area contributed by atoms with E-state index in [0.29, 0.717) is 13.2 Å². The number of aromatic nitrogens is 1. The molecule has 0 atom stereocenters. The zero-order valence-corrected chi connectivity index (χ0v) is 13.2. The third-order valence-electron chi connectivity index (χ3n) is 3.39. The number of fused-ring (bicyclic) bond motifs is 1. The van der Waals surface area contributed by atoms with E-state index in [1.54, 1.807) is 0 Å². The highest BCUT2D eigenvalue weighted by atomic mass is 16.5. The first-order chi connectivity index (χ1) is 10.0. The number of hydrogen-bond acceptors (Lipinski definition) is 3. The van der Waals surface area contributed by atoms with Gasteiger partial charge in [0.2, 0.25) is 0 Å². The quantitative estimate of drug-likeness (QED) is 0.770. The summed E-state index contributed by atoms with van der Waals surface area (Å²) in [5.41, 5.74) is 2.67.